The zero-order valence-electron chi connectivity index (χ0n) is 12.0. The molecule has 0 aliphatic heterocycles. The minimum atomic E-state index is -0.256. The number of nitrogen functional groups attached to an aromatic ring is 1. The van der Waals surface area contributed by atoms with Crippen molar-refractivity contribution in [2.45, 2.75) is 6.54 Å². The minimum absolute atomic E-state index is 0.256. The summed E-state index contributed by atoms with van der Waals surface area (Å²) in [4.78, 5) is 12.1. The predicted molar refractivity (Wildman–Crippen MR) is 83.0 cm³/mol. The molecule has 1 amide bonds. The summed E-state index contributed by atoms with van der Waals surface area (Å²) >= 11 is 1.23. The lowest BCUT2D eigenvalue weighted by molar-refractivity contribution is 0.0950. The van der Waals surface area contributed by atoms with E-state index in [9.17, 15) is 4.79 Å². The number of rotatable bonds is 7. The summed E-state index contributed by atoms with van der Waals surface area (Å²) in [6.45, 7) is 0.974. The van der Waals surface area contributed by atoms with E-state index in [2.05, 4.69) is 15.5 Å². The number of carbonyl (C=O) groups is 1. The fourth-order valence-electron chi connectivity index (χ4n) is 1.70. The van der Waals surface area contributed by atoms with Crippen LogP contribution in [0, 0.1) is 0 Å². The van der Waals surface area contributed by atoms with Gasteiger partial charge in [-0.1, -0.05) is 11.3 Å². The van der Waals surface area contributed by atoms with E-state index in [1.165, 1.54) is 18.4 Å². The van der Waals surface area contributed by atoms with E-state index in [4.69, 9.17) is 20.9 Å². The third-order valence-electron chi connectivity index (χ3n) is 2.68. The number of nitrogens with zero attached hydrogens (tertiary/aromatic N) is 2. The number of nitrogens with two attached hydrogens (primary N) is 2. The van der Waals surface area contributed by atoms with Gasteiger partial charge in [0.25, 0.3) is 5.91 Å². The first-order valence-corrected chi connectivity index (χ1v) is 7.32. The maximum absolute atomic E-state index is 12.1. The molecule has 0 radical (unpaired) electrons. The summed E-state index contributed by atoms with van der Waals surface area (Å²) in [5, 5.41) is 11.3. The highest BCUT2D eigenvalue weighted by Crippen LogP contribution is 2.28. The SMILES string of the molecule is COc1ccc(C(=O)NCc2nnc(N)s2)cc1OCCN. The molecule has 22 heavy (non-hydrogen) atoms. The first kappa shape index (κ1) is 16.0. The number of nitrogens with one attached hydrogen (secondary N) is 1. The zero-order valence-corrected chi connectivity index (χ0v) is 12.9. The van der Waals surface area contributed by atoms with Gasteiger partial charge in [-0.2, -0.15) is 0 Å². The third-order valence-corrected chi connectivity index (χ3v) is 3.44. The van der Waals surface area contributed by atoms with E-state index in [0.717, 1.165) is 0 Å². The Hall–Kier alpha value is -2.39. The first-order valence-electron chi connectivity index (χ1n) is 6.51. The predicted octanol–water partition coefficient (Wildman–Crippen LogP) is 0.396. The maximum Gasteiger partial charge on any atom is 0.251 e. The van der Waals surface area contributed by atoms with Gasteiger partial charge in [-0.15, -0.1) is 10.2 Å². The van der Waals surface area contributed by atoms with Gasteiger partial charge in [-0.3, -0.25) is 4.79 Å². The van der Waals surface area contributed by atoms with Crippen LogP contribution in [0.25, 0.3) is 0 Å². The largest absolute Gasteiger partial charge is 0.493 e. The molecule has 0 saturated heterocycles. The summed E-state index contributed by atoms with van der Waals surface area (Å²) in [7, 11) is 1.53. The zero-order chi connectivity index (χ0) is 15.9. The molecule has 0 atom stereocenters. The molecule has 0 bridgehead atoms. The molecule has 118 valence electrons. The highest BCUT2D eigenvalue weighted by atomic mass is 32.1. The van der Waals surface area contributed by atoms with Crippen molar-refractivity contribution in [2.75, 3.05) is 26.0 Å². The highest BCUT2D eigenvalue weighted by molar-refractivity contribution is 7.15. The van der Waals surface area contributed by atoms with Crippen LogP contribution in [0.2, 0.25) is 0 Å². The fraction of sp³-hybridized carbons (Fsp3) is 0.308. The van der Waals surface area contributed by atoms with Gasteiger partial charge < -0.3 is 26.3 Å². The number of benzene rings is 1. The number of aromatic nitrogens is 2. The summed E-state index contributed by atoms with van der Waals surface area (Å²) in [6.07, 6.45) is 0. The molecule has 0 spiro atoms. The quantitative estimate of drug-likeness (QED) is 0.673. The molecule has 8 nitrogen and oxygen atoms in total. The van der Waals surface area contributed by atoms with Gasteiger partial charge in [0.05, 0.1) is 13.7 Å². The van der Waals surface area contributed by atoms with Gasteiger partial charge in [0.15, 0.2) is 11.5 Å². The second kappa shape index (κ2) is 7.57. The molecule has 0 unspecified atom stereocenters. The Morgan fingerprint density at radius 2 is 2.18 bits per heavy atom. The Bertz CT molecular complexity index is 646. The number of hydrogen-bond donors (Lipinski definition) is 3. The van der Waals surface area contributed by atoms with Crippen LogP contribution in [0.15, 0.2) is 18.2 Å². The average Bonchev–Trinajstić information content (AvgIpc) is 2.95. The standard InChI is InChI=1S/C13H17N5O3S/c1-20-9-3-2-8(6-10(9)21-5-4-14)12(19)16-7-11-17-18-13(15)22-11/h2-3,6H,4-5,7,14H2,1H3,(H2,15,18)(H,16,19). The molecule has 0 aliphatic rings. The number of ether oxygens (including phenoxy) is 2. The topological polar surface area (TPSA) is 125 Å². The number of methoxy groups -OCH3 is 1. The molecular weight excluding hydrogens is 306 g/mol. The first-order chi connectivity index (χ1) is 10.6. The Balaban J connectivity index is 2.05. The smallest absolute Gasteiger partial charge is 0.251 e. The van der Waals surface area contributed by atoms with E-state index in [1.807, 2.05) is 0 Å². The van der Waals surface area contributed by atoms with Gasteiger partial charge in [-0.05, 0) is 18.2 Å². The monoisotopic (exact) mass is 323 g/mol. The van der Waals surface area contributed by atoms with Crippen molar-refractivity contribution in [3.8, 4) is 11.5 Å². The number of hydrogen-bond acceptors (Lipinski definition) is 8. The molecule has 1 aromatic heterocycles. The molecule has 1 heterocycles. The van der Waals surface area contributed by atoms with E-state index < -0.39 is 0 Å². The van der Waals surface area contributed by atoms with Crippen LogP contribution in [0.5, 0.6) is 11.5 Å². The molecule has 5 N–H and O–H groups in total. The van der Waals surface area contributed by atoms with Gasteiger partial charge in [-0.25, -0.2) is 0 Å². The number of anilines is 1. The number of carbonyl (C=O) groups excluding carboxylic acids is 1. The van der Waals surface area contributed by atoms with Crippen LogP contribution in [0.4, 0.5) is 5.13 Å². The van der Waals surface area contributed by atoms with E-state index >= 15 is 0 Å². The van der Waals surface area contributed by atoms with E-state index in [0.29, 0.717) is 40.4 Å². The lowest BCUT2D eigenvalue weighted by Gasteiger charge is -2.11. The average molecular weight is 323 g/mol. The molecule has 0 aliphatic carbocycles. The second-order valence-corrected chi connectivity index (χ2v) is 5.31. The fourth-order valence-corrected chi connectivity index (χ4v) is 2.24. The van der Waals surface area contributed by atoms with Gasteiger partial charge in [0.2, 0.25) is 5.13 Å². The van der Waals surface area contributed by atoms with Crippen molar-refractivity contribution in [1.29, 1.82) is 0 Å². The van der Waals surface area contributed by atoms with Crippen LogP contribution < -0.4 is 26.3 Å². The molecule has 0 saturated carbocycles. The van der Waals surface area contributed by atoms with Crippen LogP contribution in [0.3, 0.4) is 0 Å². The maximum atomic E-state index is 12.1. The second-order valence-electron chi connectivity index (χ2n) is 4.22. The molecule has 1 aromatic carbocycles. The van der Waals surface area contributed by atoms with E-state index in [1.54, 1.807) is 18.2 Å². The van der Waals surface area contributed by atoms with Crippen LogP contribution in [-0.2, 0) is 6.54 Å². The normalized spacial score (nSPS) is 10.3. The summed E-state index contributed by atoms with van der Waals surface area (Å²) in [5.74, 6) is 0.761. The van der Waals surface area contributed by atoms with Crippen molar-refractivity contribution in [3.05, 3.63) is 28.8 Å². The van der Waals surface area contributed by atoms with Crippen molar-refractivity contribution in [3.63, 3.8) is 0 Å². The molecule has 9 heteroatoms. The Labute approximate surface area is 131 Å². The lowest BCUT2D eigenvalue weighted by Crippen LogP contribution is -2.22. The van der Waals surface area contributed by atoms with E-state index in [-0.39, 0.29) is 12.5 Å². The Morgan fingerprint density at radius 1 is 1.36 bits per heavy atom. The van der Waals surface area contributed by atoms with Crippen molar-refractivity contribution in [1.82, 2.24) is 15.5 Å². The van der Waals surface area contributed by atoms with Gasteiger partial charge in [0, 0.05) is 12.1 Å². The Morgan fingerprint density at radius 3 is 2.82 bits per heavy atom. The van der Waals surface area contributed by atoms with Crippen molar-refractivity contribution < 1.29 is 14.3 Å². The van der Waals surface area contributed by atoms with Gasteiger partial charge in [0.1, 0.15) is 11.6 Å². The van der Waals surface area contributed by atoms with Crippen LogP contribution in [0.1, 0.15) is 15.4 Å². The lowest BCUT2D eigenvalue weighted by atomic mass is 10.2. The van der Waals surface area contributed by atoms with Crippen LogP contribution in [-0.4, -0.2) is 36.4 Å². The Kier molecular flexibility index (Phi) is 5.50. The minimum Gasteiger partial charge on any atom is -0.493 e. The van der Waals surface area contributed by atoms with Crippen molar-refractivity contribution >= 4 is 22.4 Å². The van der Waals surface area contributed by atoms with Crippen molar-refractivity contribution in [2.24, 2.45) is 5.73 Å². The van der Waals surface area contributed by atoms with Crippen LogP contribution >= 0.6 is 11.3 Å². The summed E-state index contributed by atoms with van der Waals surface area (Å²) in [6, 6.07) is 4.93. The summed E-state index contributed by atoms with van der Waals surface area (Å²) < 4.78 is 10.6. The molecule has 2 rings (SSSR count). The highest BCUT2D eigenvalue weighted by Gasteiger charge is 2.12. The summed E-state index contributed by atoms with van der Waals surface area (Å²) in [5.41, 5.74) is 11.3. The molecule has 2 aromatic rings. The molecular formula is C13H17N5O3S. The number of amides is 1. The third kappa shape index (κ3) is 4.06. The molecule has 0 fully saturated rings. The van der Waals surface area contributed by atoms with Gasteiger partial charge >= 0.3 is 0 Å².